The molecule has 4 heteroatoms. The van der Waals surface area contributed by atoms with Crippen molar-refractivity contribution in [1.29, 1.82) is 0 Å². The van der Waals surface area contributed by atoms with Crippen LogP contribution in [-0.2, 0) is 4.74 Å². The summed E-state index contributed by atoms with van der Waals surface area (Å²) in [6.45, 7) is 5.00. The van der Waals surface area contributed by atoms with E-state index in [2.05, 4.69) is 46.1 Å². The van der Waals surface area contributed by atoms with Crippen LogP contribution in [0, 0.1) is 6.92 Å². The van der Waals surface area contributed by atoms with Crippen molar-refractivity contribution in [2.75, 3.05) is 11.9 Å². The van der Waals surface area contributed by atoms with Crippen molar-refractivity contribution in [2.24, 2.45) is 0 Å². The fraction of sp³-hybridized carbons (Fsp3) is 0.545. The molecular formula is C11H15BrN2O. The second-order valence-corrected chi connectivity index (χ2v) is 4.79. The minimum atomic E-state index is 0.274. The van der Waals surface area contributed by atoms with Gasteiger partial charge in [-0.1, -0.05) is 0 Å². The van der Waals surface area contributed by atoms with Crippen LogP contribution >= 0.6 is 15.9 Å². The van der Waals surface area contributed by atoms with E-state index in [-0.39, 0.29) is 6.10 Å². The standard InChI is InChI=1S/C11H15BrN2O/c1-7-5-11(13-6-9(7)12)14-10-3-4-15-8(10)2/h5-6,8,10H,3-4H2,1-2H3,(H,13,14). The SMILES string of the molecule is Cc1cc(NC2CCOC2C)ncc1Br. The lowest BCUT2D eigenvalue weighted by atomic mass is 10.1. The summed E-state index contributed by atoms with van der Waals surface area (Å²) in [5, 5.41) is 3.40. The van der Waals surface area contributed by atoms with E-state index in [0.717, 1.165) is 23.3 Å². The fourth-order valence-corrected chi connectivity index (χ4v) is 1.95. The molecule has 15 heavy (non-hydrogen) atoms. The van der Waals surface area contributed by atoms with Crippen molar-refractivity contribution >= 4 is 21.7 Å². The van der Waals surface area contributed by atoms with E-state index in [0.29, 0.717) is 6.04 Å². The summed E-state index contributed by atoms with van der Waals surface area (Å²) in [6, 6.07) is 2.44. The van der Waals surface area contributed by atoms with Crippen molar-refractivity contribution in [2.45, 2.75) is 32.4 Å². The van der Waals surface area contributed by atoms with Gasteiger partial charge in [0.05, 0.1) is 12.1 Å². The molecule has 0 aromatic carbocycles. The number of hydrogen-bond acceptors (Lipinski definition) is 3. The number of ether oxygens (including phenoxy) is 1. The van der Waals surface area contributed by atoms with E-state index >= 15 is 0 Å². The molecule has 0 radical (unpaired) electrons. The molecule has 2 rings (SSSR count). The molecule has 1 saturated heterocycles. The quantitative estimate of drug-likeness (QED) is 0.898. The number of nitrogens with zero attached hydrogens (tertiary/aromatic N) is 1. The van der Waals surface area contributed by atoms with Gasteiger partial charge in [-0.15, -0.1) is 0 Å². The van der Waals surface area contributed by atoms with Gasteiger partial charge in [0, 0.05) is 17.3 Å². The summed E-state index contributed by atoms with van der Waals surface area (Å²) in [6.07, 6.45) is 3.16. The first-order chi connectivity index (χ1) is 7.16. The van der Waals surface area contributed by atoms with Gasteiger partial charge in [0.2, 0.25) is 0 Å². The fourth-order valence-electron chi connectivity index (χ4n) is 1.73. The molecule has 2 atom stereocenters. The third-order valence-corrected chi connectivity index (χ3v) is 3.59. The average Bonchev–Trinajstić information content (AvgIpc) is 2.59. The highest BCUT2D eigenvalue weighted by Gasteiger charge is 2.24. The van der Waals surface area contributed by atoms with Crippen LogP contribution in [0.25, 0.3) is 0 Å². The molecule has 0 bridgehead atoms. The summed E-state index contributed by atoms with van der Waals surface area (Å²) in [5.74, 6) is 0.929. The maximum atomic E-state index is 5.49. The number of rotatable bonds is 2. The van der Waals surface area contributed by atoms with Crippen LogP contribution < -0.4 is 5.32 Å². The minimum Gasteiger partial charge on any atom is -0.376 e. The van der Waals surface area contributed by atoms with Crippen LogP contribution in [0.3, 0.4) is 0 Å². The second kappa shape index (κ2) is 4.49. The van der Waals surface area contributed by atoms with Gasteiger partial charge in [-0.3, -0.25) is 0 Å². The van der Waals surface area contributed by atoms with Gasteiger partial charge in [-0.2, -0.15) is 0 Å². The lowest BCUT2D eigenvalue weighted by Crippen LogP contribution is -2.27. The Bertz CT molecular complexity index is 356. The third kappa shape index (κ3) is 2.49. The maximum Gasteiger partial charge on any atom is 0.126 e. The largest absolute Gasteiger partial charge is 0.376 e. The average molecular weight is 271 g/mol. The maximum absolute atomic E-state index is 5.49. The van der Waals surface area contributed by atoms with Crippen molar-refractivity contribution in [3.8, 4) is 0 Å². The summed E-state index contributed by atoms with van der Waals surface area (Å²) in [5.41, 5.74) is 1.19. The summed E-state index contributed by atoms with van der Waals surface area (Å²) < 4.78 is 6.54. The Balaban J connectivity index is 2.07. The molecule has 2 heterocycles. The van der Waals surface area contributed by atoms with E-state index in [1.807, 2.05) is 6.20 Å². The smallest absolute Gasteiger partial charge is 0.126 e. The normalized spacial score (nSPS) is 25.5. The van der Waals surface area contributed by atoms with Gasteiger partial charge in [-0.05, 0) is 47.8 Å². The lowest BCUT2D eigenvalue weighted by Gasteiger charge is -2.16. The first-order valence-electron chi connectivity index (χ1n) is 5.17. The van der Waals surface area contributed by atoms with Crippen molar-refractivity contribution in [3.63, 3.8) is 0 Å². The Kier molecular flexibility index (Phi) is 3.26. The van der Waals surface area contributed by atoms with Crippen LogP contribution in [0.4, 0.5) is 5.82 Å². The molecule has 0 spiro atoms. The number of halogens is 1. The molecule has 0 amide bonds. The topological polar surface area (TPSA) is 34.1 Å². The summed E-state index contributed by atoms with van der Waals surface area (Å²) in [7, 11) is 0. The van der Waals surface area contributed by atoms with Crippen molar-refractivity contribution in [3.05, 3.63) is 22.3 Å². The van der Waals surface area contributed by atoms with Gasteiger partial charge in [0.15, 0.2) is 0 Å². The van der Waals surface area contributed by atoms with Gasteiger partial charge >= 0.3 is 0 Å². The Labute approximate surface area is 98.4 Å². The van der Waals surface area contributed by atoms with Crippen LogP contribution in [0.15, 0.2) is 16.7 Å². The van der Waals surface area contributed by atoms with Crippen LogP contribution in [0.2, 0.25) is 0 Å². The monoisotopic (exact) mass is 270 g/mol. The second-order valence-electron chi connectivity index (χ2n) is 3.93. The van der Waals surface area contributed by atoms with E-state index in [9.17, 15) is 0 Å². The van der Waals surface area contributed by atoms with E-state index < -0.39 is 0 Å². The number of pyridine rings is 1. The van der Waals surface area contributed by atoms with Gasteiger partial charge in [0.1, 0.15) is 5.82 Å². The molecule has 1 aliphatic rings. The van der Waals surface area contributed by atoms with Crippen LogP contribution in [0.5, 0.6) is 0 Å². The van der Waals surface area contributed by atoms with E-state index in [1.165, 1.54) is 5.56 Å². The van der Waals surface area contributed by atoms with Crippen molar-refractivity contribution < 1.29 is 4.74 Å². The van der Waals surface area contributed by atoms with E-state index in [1.54, 1.807) is 0 Å². The summed E-state index contributed by atoms with van der Waals surface area (Å²) >= 11 is 3.44. The van der Waals surface area contributed by atoms with Gasteiger partial charge in [0.25, 0.3) is 0 Å². The Morgan fingerprint density at radius 1 is 1.60 bits per heavy atom. The summed E-state index contributed by atoms with van der Waals surface area (Å²) in [4.78, 5) is 4.32. The Morgan fingerprint density at radius 2 is 2.40 bits per heavy atom. The van der Waals surface area contributed by atoms with Gasteiger partial charge < -0.3 is 10.1 Å². The van der Waals surface area contributed by atoms with Crippen LogP contribution in [0.1, 0.15) is 18.9 Å². The van der Waals surface area contributed by atoms with Crippen LogP contribution in [-0.4, -0.2) is 23.7 Å². The number of anilines is 1. The minimum absolute atomic E-state index is 0.274. The number of aromatic nitrogens is 1. The molecule has 0 aliphatic carbocycles. The number of hydrogen-bond donors (Lipinski definition) is 1. The van der Waals surface area contributed by atoms with E-state index in [4.69, 9.17) is 4.74 Å². The highest BCUT2D eigenvalue weighted by atomic mass is 79.9. The Hall–Kier alpha value is -0.610. The predicted molar refractivity (Wildman–Crippen MR) is 64.1 cm³/mol. The third-order valence-electron chi connectivity index (χ3n) is 2.76. The van der Waals surface area contributed by atoms with Crippen molar-refractivity contribution in [1.82, 2.24) is 4.98 Å². The van der Waals surface area contributed by atoms with Gasteiger partial charge in [-0.25, -0.2) is 4.98 Å². The molecule has 3 nitrogen and oxygen atoms in total. The highest BCUT2D eigenvalue weighted by molar-refractivity contribution is 9.10. The first kappa shape index (κ1) is 10.9. The molecule has 1 N–H and O–H groups in total. The molecule has 0 saturated carbocycles. The molecule has 1 aromatic heterocycles. The predicted octanol–water partition coefficient (Wildman–Crippen LogP) is 2.74. The number of nitrogens with one attached hydrogen (secondary N) is 1. The molecular weight excluding hydrogens is 256 g/mol. The zero-order chi connectivity index (χ0) is 10.8. The zero-order valence-corrected chi connectivity index (χ0v) is 10.5. The number of aryl methyl sites for hydroxylation is 1. The molecule has 1 aromatic rings. The first-order valence-corrected chi connectivity index (χ1v) is 5.96. The molecule has 1 aliphatic heterocycles. The highest BCUT2D eigenvalue weighted by Crippen LogP contribution is 2.21. The molecule has 82 valence electrons. The molecule has 1 fully saturated rings. The lowest BCUT2D eigenvalue weighted by molar-refractivity contribution is 0.121. The Morgan fingerprint density at radius 3 is 3.00 bits per heavy atom. The molecule has 2 unspecified atom stereocenters. The zero-order valence-electron chi connectivity index (χ0n) is 8.96.